The molecule has 0 radical (unpaired) electrons. The second-order valence-electron chi connectivity index (χ2n) is 7.04. The molecule has 2 N–H and O–H groups in total. The normalized spacial score (nSPS) is 13.7. The fourth-order valence-electron chi connectivity index (χ4n) is 3.60. The van der Waals surface area contributed by atoms with Crippen LogP contribution in [0.3, 0.4) is 0 Å². The highest BCUT2D eigenvalue weighted by Gasteiger charge is 2.17. The van der Waals surface area contributed by atoms with Gasteiger partial charge in [-0.25, -0.2) is 9.97 Å². The van der Waals surface area contributed by atoms with Crippen LogP contribution in [0, 0.1) is 0 Å². The zero-order chi connectivity index (χ0) is 20.9. The fourth-order valence-corrected chi connectivity index (χ4v) is 3.60. The number of carbonyl (C=O) groups is 1. The van der Waals surface area contributed by atoms with Crippen LogP contribution >= 0.6 is 0 Å². The highest BCUT2D eigenvalue weighted by atomic mass is 16.5. The van der Waals surface area contributed by atoms with Crippen molar-refractivity contribution in [2.24, 2.45) is 0 Å². The number of anilines is 1. The van der Waals surface area contributed by atoms with E-state index >= 15 is 0 Å². The summed E-state index contributed by atoms with van der Waals surface area (Å²) in [4.78, 5) is 22.3. The highest BCUT2D eigenvalue weighted by Crippen LogP contribution is 2.26. The molecule has 2 aromatic carbocycles. The first-order valence-corrected chi connectivity index (χ1v) is 9.95. The van der Waals surface area contributed by atoms with Crippen LogP contribution in [-0.2, 0) is 0 Å². The molecule has 154 valence electrons. The number of fused-ring (bicyclic) bond motifs is 3. The summed E-state index contributed by atoms with van der Waals surface area (Å²) in [6.07, 6.45) is 5.02. The third kappa shape index (κ3) is 3.89. The second kappa shape index (κ2) is 8.77. The van der Waals surface area contributed by atoms with E-state index in [0.29, 0.717) is 22.9 Å². The maximum atomic E-state index is 11.9. The minimum Gasteiger partial charge on any atom is -0.494 e. The number of amides is 1. The third-order valence-corrected chi connectivity index (χ3v) is 5.11. The van der Waals surface area contributed by atoms with E-state index in [2.05, 4.69) is 15.1 Å². The van der Waals surface area contributed by atoms with E-state index < -0.39 is 0 Å². The van der Waals surface area contributed by atoms with Crippen LogP contribution in [0.5, 0.6) is 5.75 Å². The lowest BCUT2D eigenvalue weighted by Crippen LogP contribution is -2.35. The van der Waals surface area contributed by atoms with E-state index in [1.807, 2.05) is 53.4 Å². The number of benzene rings is 2. The van der Waals surface area contributed by atoms with Gasteiger partial charge in [-0.15, -0.1) is 0 Å². The largest absolute Gasteiger partial charge is 0.494 e. The molecule has 0 spiro atoms. The molecule has 1 aliphatic heterocycles. The number of nitrogens with zero attached hydrogens (tertiary/aromatic N) is 5. The molecule has 0 aliphatic carbocycles. The Morgan fingerprint density at radius 1 is 1.03 bits per heavy atom. The SMILES string of the molecule is COc1cccc2c1nc(N)n1ncnc21.O=C(c1ccccc1)N1CCCCC1. The number of nitrogen functional groups attached to an aromatic ring is 1. The number of hydrogen-bond acceptors (Lipinski definition) is 6. The molecule has 2 aromatic heterocycles. The van der Waals surface area contributed by atoms with Gasteiger partial charge in [-0.3, -0.25) is 4.79 Å². The monoisotopic (exact) mass is 404 g/mol. The maximum absolute atomic E-state index is 11.9. The Morgan fingerprint density at radius 2 is 1.80 bits per heavy atom. The van der Waals surface area contributed by atoms with Crippen LogP contribution in [0.25, 0.3) is 16.6 Å². The number of piperidine rings is 1. The molecule has 3 heterocycles. The zero-order valence-corrected chi connectivity index (χ0v) is 16.9. The number of aromatic nitrogens is 4. The lowest BCUT2D eigenvalue weighted by Gasteiger charge is -2.26. The molecule has 1 fully saturated rings. The molecular weight excluding hydrogens is 380 g/mol. The summed E-state index contributed by atoms with van der Waals surface area (Å²) >= 11 is 0. The minimum atomic E-state index is 0.185. The molecule has 8 nitrogen and oxygen atoms in total. The number of likely N-dealkylation sites (tertiary alicyclic amines) is 1. The van der Waals surface area contributed by atoms with Crippen LogP contribution in [0.4, 0.5) is 5.95 Å². The van der Waals surface area contributed by atoms with Crippen molar-refractivity contribution in [3.05, 3.63) is 60.4 Å². The van der Waals surface area contributed by atoms with Gasteiger partial charge in [-0.1, -0.05) is 24.3 Å². The average Bonchev–Trinajstić information content (AvgIpc) is 3.31. The van der Waals surface area contributed by atoms with Gasteiger partial charge < -0.3 is 15.4 Å². The molecule has 0 unspecified atom stereocenters. The Balaban J connectivity index is 0.000000147. The summed E-state index contributed by atoms with van der Waals surface area (Å²) in [6, 6.07) is 15.2. The van der Waals surface area contributed by atoms with Gasteiger partial charge in [0.25, 0.3) is 5.91 Å². The number of nitrogens with two attached hydrogens (primary N) is 1. The van der Waals surface area contributed by atoms with E-state index in [4.69, 9.17) is 10.5 Å². The maximum Gasteiger partial charge on any atom is 0.253 e. The first-order chi connectivity index (χ1) is 14.7. The first kappa shape index (κ1) is 19.6. The summed E-state index contributed by atoms with van der Waals surface area (Å²) in [5, 5.41) is 4.87. The van der Waals surface area contributed by atoms with E-state index in [1.54, 1.807) is 7.11 Å². The quantitative estimate of drug-likeness (QED) is 0.551. The number of carbonyl (C=O) groups excluding carboxylic acids is 1. The van der Waals surface area contributed by atoms with E-state index in [0.717, 1.165) is 36.9 Å². The Kier molecular flexibility index (Phi) is 5.74. The lowest BCUT2D eigenvalue weighted by atomic mass is 10.1. The van der Waals surface area contributed by atoms with Gasteiger partial charge in [0.05, 0.1) is 7.11 Å². The summed E-state index contributed by atoms with van der Waals surface area (Å²) < 4.78 is 6.73. The molecule has 1 aliphatic rings. The van der Waals surface area contributed by atoms with Gasteiger partial charge in [-0.2, -0.15) is 9.61 Å². The Hall–Kier alpha value is -3.68. The van der Waals surface area contributed by atoms with E-state index in [-0.39, 0.29) is 5.91 Å². The smallest absolute Gasteiger partial charge is 0.253 e. The number of methoxy groups -OCH3 is 1. The van der Waals surface area contributed by atoms with Crippen LogP contribution in [0.15, 0.2) is 54.9 Å². The number of rotatable bonds is 2. The van der Waals surface area contributed by atoms with Crippen molar-refractivity contribution in [2.75, 3.05) is 25.9 Å². The summed E-state index contributed by atoms with van der Waals surface area (Å²) in [7, 11) is 1.60. The number of ether oxygens (including phenoxy) is 1. The lowest BCUT2D eigenvalue weighted by molar-refractivity contribution is 0.0724. The molecule has 4 aromatic rings. The fraction of sp³-hybridized carbons (Fsp3) is 0.273. The van der Waals surface area contributed by atoms with Crippen molar-refractivity contribution < 1.29 is 9.53 Å². The molecule has 5 rings (SSSR count). The van der Waals surface area contributed by atoms with E-state index in [1.165, 1.54) is 17.3 Å². The van der Waals surface area contributed by atoms with Crippen molar-refractivity contribution in [2.45, 2.75) is 19.3 Å². The molecule has 0 atom stereocenters. The predicted molar refractivity (Wildman–Crippen MR) is 115 cm³/mol. The van der Waals surface area contributed by atoms with Crippen molar-refractivity contribution in [1.82, 2.24) is 24.5 Å². The van der Waals surface area contributed by atoms with Crippen LogP contribution < -0.4 is 10.5 Å². The molecule has 1 amide bonds. The second-order valence-corrected chi connectivity index (χ2v) is 7.04. The van der Waals surface area contributed by atoms with Crippen LogP contribution in [-0.4, -0.2) is 50.6 Å². The van der Waals surface area contributed by atoms with E-state index in [9.17, 15) is 4.79 Å². The predicted octanol–water partition coefficient (Wildman–Crippen LogP) is 3.18. The van der Waals surface area contributed by atoms with Crippen molar-refractivity contribution in [3.63, 3.8) is 0 Å². The zero-order valence-electron chi connectivity index (χ0n) is 16.9. The Morgan fingerprint density at radius 3 is 2.53 bits per heavy atom. The van der Waals surface area contributed by atoms with Gasteiger partial charge in [0.1, 0.15) is 17.6 Å². The number of hydrogen-bond donors (Lipinski definition) is 1. The van der Waals surface area contributed by atoms with Crippen molar-refractivity contribution in [1.29, 1.82) is 0 Å². The van der Waals surface area contributed by atoms with Crippen LogP contribution in [0.2, 0.25) is 0 Å². The molecule has 30 heavy (non-hydrogen) atoms. The standard InChI is InChI=1S/C12H15NO.C10H9N5O/c14-12(11-7-3-1-4-8-11)13-9-5-2-6-10-13;1-16-7-4-2-3-6-8(7)14-10(11)15-9(6)12-5-13-15/h1,3-4,7-8H,2,5-6,9-10H2;2-5H,1H3,(H2,11,14). The third-order valence-electron chi connectivity index (χ3n) is 5.11. The highest BCUT2D eigenvalue weighted by molar-refractivity contribution is 5.95. The van der Waals surface area contributed by atoms with Gasteiger partial charge >= 0.3 is 0 Å². The topological polar surface area (TPSA) is 98.6 Å². The van der Waals surface area contributed by atoms with Crippen LogP contribution in [0.1, 0.15) is 29.6 Å². The number of para-hydroxylation sites is 1. The average molecular weight is 404 g/mol. The summed E-state index contributed by atoms with van der Waals surface area (Å²) in [5.41, 5.74) is 7.98. The minimum absolute atomic E-state index is 0.185. The Bertz CT molecular complexity index is 1150. The molecule has 0 bridgehead atoms. The molecular formula is C22H24N6O2. The van der Waals surface area contributed by atoms with Crippen molar-refractivity contribution >= 4 is 28.4 Å². The van der Waals surface area contributed by atoms with Gasteiger partial charge in [-0.05, 0) is 43.5 Å². The molecule has 0 saturated carbocycles. The van der Waals surface area contributed by atoms with Gasteiger partial charge in [0.2, 0.25) is 5.95 Å². The molecule has 8 heteroatoms. The van der Waals surface area contributed by atoms with Gasteiger partial charge in [0.15, 0.2) is 5.65 Å². The van der Waals surface area contributed by atoms with Gasteiger partial charge in [0, 0.05) is 24.0 Å². The summed E-state index contributed by atoms with van der Waals surface area (Å²) in [6.45, 7) is 1.85. The van der Waals surface area contributed by atoms with Crippen molar-refractivity contribution in [3.8, 4) is 5.75 Å². The first-order valence-electron chi connectivity index (χ1n) is 9.95. The summed E-state index contributed by atoms with van der Waals surface area (Å²) in [5.74, 6) is 1.16. The molecule has 1 saturated heterocycles. The Labute approximate surface area is 174 Å².